The van der Waals surface area contributed by atoms with Gasteiger partial charge < -0.3 is 19.7 Å². The lowest BCUT2D eigenvalue weighted by Crippen LogP contribution is -2.47. The highest BCUT2D eigenvalue weighted by molar-refractivity contribution is 14.0. The second kappa shape index (κ2) is 13.3. The Morgan fingerprint density at radius 3 is 2.69 bits per heavy atom. The lowest BCUT2D eigenvalue weighted by Gasteiger charge is -2.34. The number of guanidine groups is 1. The standard InChI is InChI=1S/C18H33N5O2.HI/c1-19-18(20-9-4-6-16-14-21-22(2)15-16)23-10-7-17(8-11-23)25-13-5-12-24-3;/h14-15,17H,4-13H2,1-3H3,(H,19,20);1H. The molecule has 1 aliphatic heterocycles. The van der Waals surface area contributed by atoms with Crippen LogP contribution in [0, 0.1) is 0 Å². The van der Waals surface area contributed by atoms with Crippen molar-refractivity contribution in [3.63, 3.8) is 0 Å². The first-order valence-corrected chi connectivity index (χ1v) is 9.26. The smallest absolute Gasteiger partial charge is 0.193 e. The molecule has 1 aromatic heterocycles. The van der Waals surface area contributed by atoms with Gasteiger partial charge in [-0.15, -0.1) is 24.0 Å². The fraction of sp³-hybridized carbons (Fsp3) is 0.778. The quantitative estimate of drug-likeness (QED) is 0.254. The average molecular weight is 479 g/mol. The molecule has 0 radical (unpaired) electrons. The predicted octanol–water partition coefficient (Wildman–Crippen LogP) is 2.06. The molecule has 1 N–H and O–H groups in total. The Kier molecular flexibility index (Phi) is 11.9. The number of hydrogen-bond acceptors (Lipinski definition) is 4. The van der Waals surface area contributed by atoms with E-state index in [1.54, 1.807) is 7.11 Å². The molecule has 2 rings (SSSR count). The second-order valence-electron chi connectivity index (χ2n) is 6.50. The van der Waals surface area contributed by atoms with Crippen molar-refractivity contribution in [3.05, 3.63) is 18.0 Å². The molecular weight excluding hydrogens is 445 g/mol. The van der Waals surface area contributed by atoms with Gasteiger partial charge >= 0.3 is 0 Å². The molecule has 150 valence electrons. The Balaban J connectivity index is 0.00000338. The van der Waals surface area contributed by atoms with Gasteiger partial charge in [0, 0.05) is 60.3 Å². The maximum atomic E-state index is 5.92. The largest absolute Gasteiger partial charge is 0.385 e. The highest BCUT2D eigenvalue weighted by Gasteiger charge is 2.21. The molecular formula is C18H34IN5O2. The maximum absolute atomic E-state index is 5.92. The molecule has 0 aliphatic carbocycles. The maximum Gasteiger partial charge on any atom is 0.193 e. The molecule has 1 aliphatic rings. The number of nitrogens with one attached hydrogen (secondary N) is 1. The lowest BCUT2D eigenvalue weighted by atomic mass is 10.1. The van der Waals surface area contributed by atoms with E-state index in [4.69, 9.17) is 9.47 Å². The van der Waals surface area contributed by atoms with E-state index in [-0.39, 0.29) is 24.0 Å². The number of rotatable bonds is 9. The van der Waals surface area contributed by atoms with E-state index < -0.39 is 0 Å². The summed E-state index contributed by atoms with van der Waals surface area (Å²) in [7, 11) is 5.54. The van der Waals surface area contributed by atoms with Gasteiger partial charge in [0.15, 0.2) is 5.96 Å². The molecule has 0 aromatic carbocycles. The fourth-order valence-electron chi connectivity index (χ4n) is 3.11. The number of methoxy groups -OCH3 is 1. The monoisotopic (exact) mass is 479 g/mol. The second-order valence-corrected chi connectivity index (χ2v) is 6.50. The number of ether oxygens (including phenoxy) is 2. The van der Waals surface area contributed by atoms with E-state index in [0.29, 0.717) is 6.10 Å². The van der Waals surface area contributed by atoms with Crippen molar-refractivity contribution in [3.8, 4) is 0 Å². The minimum atomic E-state index is 0. The van der Waals surface area contributed by atoms with Gasteiger partial charge in [-0.25, -0.2) is 0 Å². The van der Waals surface area contributed by atoms with E-state index in [0.717, 1.165) is 70.9 Å². The number of likely N-dealkylation sites (tertiary alicyclic amines) is 1. The summed E-state index contributed by atoms with van der Waals surface area (Å²) in [4.78, 5) is 6.76. The zero-order valence-electron chi connectivity index (χ0n) is 16.3. The van der Waals surface area contributed by atoms with Crippen molar-refractivity contribution in [2.75, 3.05) is 47.0 Å². The summed E-state index contributed by atoms with van der Waals surface area (Å²) in [6.07, 6.45) is 9.58. The Morgan fingerprint density at radius 1 is 1.31 bits per heavy atom. The van der Waals surface area contributed by atoms with Gasteiger partial charge in [-0.05, 0) is 37.7 Å². The molecule has 0 unspecified atom stereocenters. The Bertz CT molecular complexity index is 515. The third kappa shape index (κ3) is 8.22. The molecule has 8 heteroatoms. The highest BCUT2D eigenvalue weighted by Crippen LogP contribution is 2.14. The van der Waals surface area contributed by atoms with Crippen LogP contribution in [0.15, 0.2) is 17.4 Å². The van der Waals surface area contributed by atoms with E-state index in [9.17, 15) is 0 Å². The summed E-state index contributed by atoms with van der Waals surface area (Å²) < 4.78 is 12.8. The molecule has 0 spiro atoms. The van der Waals surface area contributed by atoms with E-state index in [1.807, 2.05) is 25.0 Å². The molecule has 7 nitrogen and oxygen atoms in total. The van der Waals surface area contributed by atoms with Crippen molar-refractivity contribution in [2.45, 2.75) is 38.2 Å². The minimum absolute atomic E-state index is 0. The van der Waals surface area contributed by atoms with Crippen molar-refractivity contribution in [1.29, 1.82) is 0 Å². The summed E-state index contributed by atoms with van der Waals surface area (Å²) in [5.41, 5.74) is 1.28. The Morgan fingerprint density at radius 2 is 2.08 bits per heavy atom. The molecule has 1 aromatic rings. The van der Waals surface area contributed by atoms with Crippen LogP contribution in [-0.4, -0.2) is 73.7 Å². The topological polar surface area (TPSA) is 63.9 Å². The van der Waals surface area contributed by atoms with Crippen molar-refractivity contribution in [2.24, 2.45) is 12.0 Å². The molecule has 2 heterocycles. The highest BCUT2D eigenvalue weighted by atomic mass is 127. The van der Waals surface area contributed by atoms with Crippen LogP contribution < -0.4 is 5.32 Å². The van der Waals surface area contributed by atoms with Crippen molar-refractivity contribution < 1.29 is 9.47 Å². The van der Waals surface area contributed by atoms with E-state index in [2.05, 4.69) is 26.5 Å². The number of aromatic nitrogens is 2. The van der Waals surface area contributed by atoms with Gasteiger partial charge in [-0.3, -0.25) is 9.67 Å². The first-order chi connectivity index (χ1) is 12.2. The number of halogens is 1. The summed E-state index contributed by atoms with van der Waals surface area (Å²) in [5.74, 6) is 1.00. The summed E-state index contributed by atoms with van der Waals surface area (Å²) in [5, 5.41) is 7.69. The third-order valence-electron chi connectivity index (χ3n) is 4.48. The zero-order chi connectivity index (χ0) is 17.9. The first kappa shape index (κ1) is 23.2. The molecule has 0 amide bonds. The van der Waals surface area contributed by atoms with E-state index in [1.165, 1.54) is 5.56 Å². The van der Waals surface area contributed by atoms with Gasteiger partial charge in [-0.1, -0.05) is 0 Å². The van der Waals surface area contributed by atoms with Crippen LogP contribution >= 0.6 is 24.0 Å². The van der Waals surface area contributed by atoms with Gasteiger partial charge in [0.2, 0.25) is 0 Å². The normalized spacial score (nSPS) is 15.8. The van der Waals surface area contributed by atoms with E-state index >= 15 is 0 Å². The van der Waals surface area contributed by atoms with Crippen LogP contribution in [0.25, 0.3) is 0 Å². The molecule has 1 fully saturated rings. The van der Waals surface area contributed by atoms with Crippen LogP contribution in [0.2, 0.25) is 0 Å². The average Bonchev–Trinajstić information content (AvgIpc) is 3.05. The zero-order valence-corrected chi connectivity index (χ0v) is 18.6. The predicted molar refractivity (Wildman–Crippen MR) is 115 cm³/mol. The molecule has 0 bridgehead atoms. The van der Waals surface area contributed by atoms with Crippen LogP contribution in [0.1, 0.15) is 31.2 Å². The van der Waals surface area contributed by atoms with Gasteiger partial charge in [0.05, 0.1) is 12.3 Å². The molecule has 0 saturated carbocycles. The summed E-state index contributed by atoms with van der Waals surface area (Å²) in [6, 6.07) is 0. The van der Waals surface area contributed by atoms with Gasteiger partial charge in [-0.2, -0.15) is 5.10 Å². The molecule has 0 atom stereocenters. The third-order valence-corrected chi connectivity index (χ3v) is 4.48. The van der Waals surface area contributed by atoms with Crippen LogP contribution in [0.5, 0.6) is 0 Å². The lowest BCUT2D eigenvalue weighted by molar-refractivity contribution is 0.00991. The van der Waals surface area contributed by atoms with Crippen molar-refractivity contribution in [1.82, 2.24) is 20.0 Å². The number of aliphatic imine (C=N–C) groups is 1. The van der Waals surface area contributed by atoms with Gasteiger partial charge in [0.1, 0.15) is 0 Å². The van der Waals surface area contributed by atoms with Crippen LogP contribution in [-0.2, 0) is 22.9 Å². The Hall–Kier alpha value is -0.870. The van der Waals surface area contributed by atoms with Crippen LogP contribution in [0.3, 0.4) is 0 Å². The molecule has 1 saturated heterocycles. The number of hydrogen-bond donors (Lipinski definition) is 1. The SMILES string of the molecule is CN=C(NCCCc1cnn(C)c1)N1CCC(OCCCOC)CC1.I. The molecule has 26 heavy (non-hydrogen) atoms. The van der Waals surface area contributed by atoms with Gasteiger partial charge in [0.25, 0.3) is 0 Å². The minimum Gasteiger partial charge on any atom is -0.385 e. The summed E-state index contributed by atoms with van der Waals surface area (Å²) >= 11 is 0. The van der Waals surface area contributed by atoms with Crippen molar-refractivity contribution >= 4 is 29.9 Å². The first-order valence-electron chi connectivity index (χ1n) is 9.26. The fourth-order valence-corrected chi connectivity index (χ4v) is 3.11. The number of piperidine rings is 1. The van der Waals surface area contributed by atoms with Crippen LogP contribution in [0.4, 0.5) is 0 Å². The number of aryl methyl sites for hydroxylation is 2. The summed E-state index contributed by atoms with van der Waals surface area (Å²) in [6.45, 7) is 4.48. The number of nitrogens with zero attached hydrogens (tertiary/aromatic N) is 4. The Labute approximate surface area is 174 Å².